The zero-order valence-electron chi connectivity index (χ0n) is 15.5. The molecule has 0 bridgehead atoms. The first-order valence-corrected chi connectivity index (χ1v) is 9.90. The smallest absolute Gasteiger partial charge is 0.271 e. The molecule has 0 saturated carbocycles. The van der Waals surface area contributed by atoms with Crippen molar-refractivity contribution in [1.82, 2.24) is 9.97 Å². The number of fused-ring (bicyclic) bond motifs is 8. The van der Waals surface area contributed by atoms with Gasteiger partial charge in [0.05, 0.1) is 20.1 Å². The number of nitro benzene ring substituents is 1. The number of ether oxygens (including phenoxy) is 1. The average Bonchev–Trinajstić information content (AvgIpc) is 2.76. The molecule has 0 amide bonds. The fourth-order valence-electron chi connectivity index (χ4n) is 3.61. The lowest BCUT2D eigenvalue weighted by Crippen LogP contribution is -2.21. The Morgan fingerprint density at radius 2 is 1.87 bits per heavy atom. The van der Waals surface area contributed by atoms with E-state index in [1.807, 2.05) is 31.2 Å². The van der Waals surface area contributed by atoms with Crippen molar-refractivity contribution in [2.45, 2.75) is 16.7 Å². The van der Waals surface area contributed by atoms with Gasteiger partial charge < -0.3 is 4.74 Å². The summed E-state index contributed by atoms with van der Waals surface area (Å²) in [7, 11) is 0. The second-order valence-electron chi connectivity index (χ2n) is 6.84. The van der Waals surface area contributed by atoms with Crippen molar-refractivity contribution in [2.75, 3.05) is 0 Å². The molecule has 0 saturated heterocycles. The summed E-state index contributed by atoms with van der Waals surface area (Å²) < 4.78 is 6.22. The Morgan fingerprint density at radius 1 is 1.07 bits per heavy atom. The zero-order chi connectivity index (χ0) is 20.4. The van der Waals surface area contributed by atoms with Crippen LogP contribution in [-0.4, -0.2) is 14.9 Å². The minimum absolute atomic E-state index is 0.0300. The van der Waals surface area contributed by atoms with Crippen LogP contribution >= 0.6 is 11.8 Å². The van der Waals surface area contributed by atoms with Gasteiger partial charge in [-0.2, -0.15) is 0 Å². The Hall–Kier alpha value is -3.85. The number of nitrogens with zero attached hydrogens (tertiary/aromatic N) is 5. The number of hydrogen-bond acceptors (Lipinski definition) is 8. The molecule has 144 valence electrons. The maximum atomic E-state index is 11.2. The van der Waals surface area contributed by atoms with Crippen LogP contribution in [0.15, 0.2) is 68.4 Å². The Morgan fingerprint density at radius 3 is 2.67 bits per heavy atom. The third-order valence-electron chi connectivity index (χ3n) is 4.96. The molecule has 6 rings (SSSR count). The first-order chi connectivity index (χ1) is 14.6. The zero-order valence-corrected chi connectivity index (χ0v) is 16.3. The lowest BCUT2D eigenvalue weighted by atomic mass is 10.1. The van der Waals surface area contributed by atoms with Crippen molar-refractivity contribution < 1.29 is 9.66 Å². The molecular weight excluding hydrogens is 402 g/mol. The van der Waals surface area contributed by atoms with Gasteiger partial charge in [-0.3, -0.25) is 10.1 Å². The SMILES string of the molecule is Cc1ncc2c(n1)N=c1c(c3c(c4ccccc14)=Nc1cc([N+](=O)[O-])ccc1O3)S2. The maximum Gasteiger partial charge on any atom is 0.271 e. The predicted molar refractivity (Wildman–Crippen MR) is 110 cm³/mol. The van der Waals surface area contributed by atoms with Crippen molar-refractivity contribution >= 4 is 39.7 Å². The first-order valence-electron chi connectivity index (χ1n) is 9.08. The normalized spacial score (nSPS) is 13.1. The van der Waals surface area contributed by atoms with E-state index in [-0.39, 0.29) is 5.69 Å². The lowest BCUT2D eigenvalue weighted by molar-refractivity contribution is -0.384. The number of nitro groups is 1. The van der Waals surface area contributed by atoms with Crippen LogP contribution in [0, 0.1) is 17.0 Å². The third-order valence-corrected chi connectivity index (χ3v) is 6.05. The average molecular weight is 413 g/mol. The van der Waals surface area contributed by atoms with Gasteiger partial charge in [0.25, 0.3) is 5.69 Å². The van der Waals surface area contributed by atoms with Gasteiger partial charge in [0.15, 0.2) is 17.3 Å². The van der Waals surface area contributed by atoms with E-state index in [0.29, 0.717) is 34.2 Å². The summed E-state index contributed by atoms with van der Waals surface area (Å²) in [5.41, 5.74) is 0.400. The molecule has 0 aliphatic carbocycles. The molecule has 0 spiro atoms. The summed E-state index contributed by atoms with van der Waals surface area (Å²) >= 11 is 1.49. The van der Waals surface area contributed by atoms with Crippen LogP contribution in [0.1, 0.15) is 5.82 Å². The van der Waals surface area contributed by atoms with E-state index in [1.165, 1.54) is 23.9 Å². The predicted octanol–water partition coefficient (Wildman–Crippen LogP) is 4.32. The van der Waals surface area contributed by atoms with Crippen molar-refractivity contribution in [2.24, 2.45) is 9.98 Å². The molecule has 1 aromatic heterocycles. The second kappa shape index (κ2) is 6.07. The molecule has 9 heteroatoms. The molecule has 4 aromatic rings. The Labute approximate surface area is 173 Å². The number of hydrogen-bond donors (Lipinski definition) is 0. The first kappa shape index (κ1) is 17.0. The minimum atomic E-state index is -0.441. The molecule has 0 atom stereocenters. The number of rotatable bonds is 1. The monoisotopic (exact) mass is 413 g/mol. The Kier molecular flexibility index (Phi) is 3.45. The summed E-state index contributed by atoms with van der Waals surface area (Å²) in [5.74, 6) is 2.35. The van der Waals surface area contributed by atoms with Crippen LogP contribution in [0.5, 0.6) is 11.5 Å². The van der Waals surface area contributed by atoms with E-state index in [0.717, 1.165) is 25.9 Å². The van der Waals surface area contributed by atoms with Crippen molar-refractivity contribution in [3.8, 4) is 11.5 Å². The molecule has 0 radical (unpaired) electrons. The molecule has 0 fully saturated rings. The molecule has 30 heavy (non-hydrogen) atoms. The van der Waals surface area contributed by atoms with Gasteiger partial charge in [0.1, 0.15) is 16.9 Å². The topological polar surface area (TPSA) is 103 Å². The van der Waals surface area contributed by atoms with E-state index >= 15 is 0 Å². The largest absolute Gasteiger partial charge is 0.452 e. The van der Waals surface area contributed by atoms with Gasteiger partial charge >= 0.3 is 0 Å². The van der Waals surface area contributed by atoms with Crippen LogP contribution in [0.25, 0.3) is 10.8 Å². The van der Waals surface area contributed by atoms with Gasteiger partial charge in [0.2, 0.25) is 0 Å². The summed E-state index contributed by atoms with van der Waals surface area (Å²) in [5, 5.41) is 14.4. The van der Waals surface area contributed by atoms with Gasteiger partial charge in [-0.05, 0) is 13.0 Å². The third kappa shape index (κ3) is 2.42. The summed E-state index contributed by atoms with van der Waals surface area (Å²) in [4.78, 5) is 30.7. The lowest BCUT2D eigenvalue weighted by Gasteiger charge is -2.20. The number of aryl methyl sites for hydroxylation is 1. The van der Waals surface area contributed by atoms with Crippen molar-refractivity contribution in [3.63, 3.8) is 0 Å². The molecule has 0 N–H and O–H groups in total. The quantitative estimate of drug-likeness (QED) is 0.294. The molecule has 2 aliphatic rings. The van der Waals surface area contributed by atoms with Crippen molar-refractivity contribution in [3.05, 3.63) is 75.3 Å². The van der Waals surface area contributed by atoms with Crippen LogP contribution < -0.4 is 15.5 Å². The van der Waals surface area contributed by atoms with Gasteiger partial charge in [-0.15, -0.1) is 0 Å². The molecule has 3 heterocycles. The second-order valence-corrected chi connectivity index (χ2v) is 7.90. The minimum Gasteiger partial charge on any atom is -0.452 e. The van der Waals surface area contributed by atoms with Gasteiger partial charge in [-0.25, -0.2) is 20.0 Å². The molecule has 3 aromatic carbocycles. The van der Waals surface area contributed by atoms with Crippen LogP contribution in [-0.2, 0) is 0 Å². The number of aromatic nitrogens is 2. The van der Waals surface area contributed by atoms with Crippen LogP contribution in [0.2, 0.25) is 0 Å². The highest BCUT2D eigenvalue weighted by atomic mass is 32.2. The van der Waals surface area contributed by atoms with Crippen LogP contribution in [0.4, 0.5) is 17.2 Å². The Balaban J connectivity index is 1.72. The standard InChI is InChI=1S/C21H11N5O3S/c1-10-22-9-16-21(23-10)25-18-13-5-3-2-4-12(13)17-19(20(18)30-16)29-15-7-6-11(26(27)28)8-14(15)24-17/h2-9H,1H3. The summed E-state index contributed by atoms with van der Waals surface area (Å²) in [6.45, 7) is 1.83. The summed E-state index contributed by atoms with van der Waals surface area (Å²) in [6.07, 6.45) is 1.76. The fourth-order valence-corrected chi connectivity index (χ4v) is 4.60. The Bertz CT molecular complexity index is 1550. The molecular formula is C21H11N5O3S. The molecule has 0 unspecified atom stereocenters. The fraction of sp³-hybridized carbons (Fsp3) is 0.0476. The highest BCUT2D eigenvalue weighted by molar-refractivity contribution is 7.99. The van der Waals surface area contributed by atoms with Gasteiger partial charge in [0, 0.05) is 29.1 Å². The molecule has 8 nitrogen and oxygen atoms in total. The highest BCUT2D eigenvalue weighted by Gasteiger charge is 2.26. The van der Waals surface area contributed by atoms with E-state index in [2.05, 4.69) is 9.97 Å². The number of benzene rings is 3. The van der Waals surface area contributed by atoms with E-state index in [9.17, 15) is 10.1 Å². The van der Waals surface area contributed by atoms with E-state index in [1.54, 1.807) is 12.3 Å². The molecule has 2 aliphatic heterocycles. The highest BCUT2D eigenvalue weighted by Crippen LogP contribution is 2.44. The maximum absolute atomic E-state index is 11.2. The van der Waals surface area contributed by atoms with E-state index < -0.39 is 4.92 Å². The summed E-state index contributed by atoms with van der Waals surface area (Å²) in [6, 6.07) is 12.2. The van der Waals surface area contributed by atoms with Gasteiger partial charge in [-0.1, -0.05) is 36.0 Å². The van der Waals surface area contributed by atoms with Crippen LogP contribution in [0.3, 0.4) is 0 Å². The number of non-ortho nitro benzene ring substituents is 1. The van der Waals surface area contributed by atoms with E-state index in [4.69, 9.17) is 14.7 Å². The van der Waals surface area contributed by atoms with Crippen molar-refractivity contribution in [1.29, 1.82) is 0 Å².